The number of esters is 2. The van der Waals surface area contributed by atoms with E-state index in [9.17, 15) is 14.9 Å². The summed E-state index contributed by atoms with van der Waals surface area (Å²) in [6.07, 6.45) is 2.63. The topological polar surface area (TPSA) is 76.4 Å². The molecule has 26 heavy (non-hydrogen) atoms. The predicted octanol–water partition coefficient (Wildman–Crippen LogP) is 4.24. The third kappa shape index (κ3) is 4.32. The molecule has 0 aromatic heterocycles. The Morgan fingerprint density at radius 2 is 2.00 bits per heavy atom. The lowest BCUT2D eigenvalue weighted by Crippen LogP contribution is -2.30. The van der Waals surface area contributed by atoms with Crippen LogP contribution in [0.3, 0.4) is 0 Å². The second-order valence-corrected chi connectivity index (χ2v) is 7.52. The number of carbonyl (C=O) groups is 2. The quantitative estimate of drug-likeness (QED) is 0.758. The van der Waals surface area contributed by atoms with Gasteiger partial charge in [0.05, 0.1) is 31.1 Å². The van der Waals surface area contributed by atoms with Gasteiger partial charge < -0.3 is 9.47 Å². The predicted molar refractivity (Wildman–Crippen MR) is 98.4 cm³/mol. The van der Waals surface area contributed by atoms with Crippen LogP contribution < -0.4 is 0 Å². The summed E-state index contributed by atoms with van der Waals surface area (Å²) in [5.41, 5.74) is 2.46. The van der Waals surface area contributed by atoms with Crippen LogP contribution in [0.15, 0.2) is 24.3 Å². The third-order valence-corrected chi connectivity index (χ3v) is 4.51. The largest absolute Gasteiger partial charge is 0.465 e. The van der Waals surface area contributed by atoms with Gasteiger partial charge in [-0.3, -0.25) is 4.79 Å². The van der Waals surface area contributed by atoms with Gasteiger partial charge in [-0.25, -0.2) is 4.79 Å². The maximum Gasteiger partial charge on any atom is 0.337 e. The summed E-state index contributed by atoms with van der Waals surface area (Å²) in [4.78, 5) is 24.6. The first-order valence-corrected chi connectivity index (χ1v) is 8.69. The summed E-state index contributed by atoms with van der Waals surface area (Å²) < 4.78 is 10.4. The van der Waals surface area contributed by atoms with E-state index in [-0.39, 0.29) is 24.2 Å². The van der Waals surface area contributed by atoms with Crippen LogP contribution in [-0.2, 0) is 14.3 Å². The number of nitriles is 1. The highest BCUT2D eigenvalue weighted by Crippen LogP contribution is 2.39. The van der Waals surface area contributed by atoms with E-state index in [0.29, 0.717) is 12.0 Å². The number of methoxy groups -OCH3 is 1. The van der Waals surface area contributed by atoms with Crippen LogP contribution in [0.4, 0.5) is 0 Å². The van der Waals surface area contributed by atoms with Crippen molar-refractivity contribution in [1.29, 1.82) is 5.26 Å². The lowest BCUT2D eigenvalue weighted by Gasteiger charge is -2.27. The molecule has 138 valence electrons. The van der Waals surface area contributed by atoms with E-state index >= 15 is 0 Å². The molecule has 0 spiro atoms. The highest BCUT2D eigenvalue weighted by molar-refractivity contribution is 5.91. The number of hydrogen-bond acceptors (Lipinski definition) is 5. The van der Waals surface area contributed by atoms with Crippen molar-refractivity contribution < 1.29 is 19.1 Å². The first-order valence-electron chi connectivity index (χ1n) is 8.69. The molecule has 2 atom stereocenters. The summed E-state index contributed by atoms with van der Waals surface area (Å²) in [5, 5.41) is 9.18. The molecule has 2 unspecified atom stereocenters. The van der Waals surface area contributed by atoms with Crippen molar-refractivity contribution in [3.8, 4) is 6.07 Å². The maximum atomic E-state index is 12.7. The summed E-state index contributed by atoms with van der Waals surface area (Å²) >= 11 is 0. The van der Waals surface area contributed by atoms with Crippen molar-refractivity contribution in [2.24, 2.45) is 5.92 Å². The normalized spacial score (nSPS) is 19.5. The highest BCUT2D eigenvalue weighted by atomic mass is 16.6. The SMILES string of the molecule is COC(=O)c1ccc2c(c1)C(CC#N)=CCC(C(=O)OC(C)(C)C)C2C. The lowest BCUT2D eigenvalue weighted by atomic mass is 9.84. The van der Waals surface area contributed by atoms with E-state index in [1.807, 2.05) is 39.8 Å². The molecule has 0 fully saturated rings. The fourth-order valence-electron chi connectivity index (χ4n) is 3.21. The number of allylic oxidation sites excluding steroid dienone is 2. The second-order valence-electron chi connectivity index (χ2n) is 7.52. The molecule has 0 heterocycles. The maximum absolute atomic E-state index is 12.7. The molecule has 2 rings (SSSR count). The Balaban J connectivity index is 2.49. The average Bonchev–Trinajstić information content (AvgIpc) is 2.70. The minimum Gasteiger partial charge on any atom is -0.465 e. The number of rotatable bonds is 3. The summed E-state index contributed by atoms with van der Waals surface area (Å²) in [5.74, 6) is -1.11. The van der Waals surface area contributed by atoms with Crippen LogP contribution >= 0.6 is 0 Å². The average molecular weight is 355 g/mol. The van der Waals surface area contributed by atoms with Gasteiger partial charge in [0.25, 0.3) is 0 Å². The molecule has 0 saturated carbocycles. The highest BCUT2D eigenvalue weighted by Gasteiger charge is 2.33. The van der Waals surface area contributed by atoms with E-state index in [4.69, 9.17) is 9.47 Å². The van der Waals surface area contributed by atoms with E-state index in [2.05, 4.69) is 6.07 Å². The monoisotopic (exact) mass is 355 g/mol. The Bertz CT molecular complexity index is 780. The van der Waals surface area contributed by atoms with Crippen molar-refractivity contribution in [3.05, 3.63) is 41.0 Å². The van der Waals surface area contributed by atoms with E-state index in [1.54, 1.807) is 12.1 Å². The summed E-state index contributed by atoms with van der Waals surface area (Å²) in [7, 11) is 1.33. The van der Waals surface area contributed by atoms with Gasteiger partial charge in [0.1, 0.15) is 5.60 Å². The lowest BCUT2D eigenvalue weighted by molar-refractivity contribution is -0.160. The molecule has 1 aliphatic carbocycles. The Kier molecular flexibility index (Phi) is 5.86. The van der Waals surface area contributed by atoms with Gasteiger partial charge in [-0.2, -0.15) is 5.26 Å². The molecule has 0 bridgehead atoms. The van der Waals surface area contributed by atoms with Gasteiger partial charge in [0, 0.05) is 0 Å². The smallest absolute Gasteiger partial charge is 0.337 e. The number of ether oxygens (including phenoxy) is 2. The van der Waals surface area contributed by atoms with E-state index < -0.39 is 11.6 Å². The first kappa shape index (κ1) is 19.7. The van der Waals surface area contributed by atoms with Gasteiger partial charge in [0.15, 0.2) is 0 Å². The first-order chi connectivity index (χ1) is 12.2. The van der Waals surface area contributed by atoms with Crippen molar-refractivity contribution in [3.63, 3.8) is 0 Å². The molecular formula is C21H25NO4. The van der Waals surface area contributed by atoms with Crippen LogP contribution in [0, 0.1) is 17.2 Å². The molecule has 0 amide bonds. The molecule has 1 aromatic carbocycles. The zero-order chi connectivity index (χ0) is 19.5. The summed E-state index contributed by atoms with van der Waals surface area (Å²) in [6, 6.07) is 7.46. The number of benzene rings is 1. The number of carbonyl (C=O) groups excluding carboxylic acids is 2. The van der Waals surface area contributed by atoms with Gasteiger partial charge in [-0.15, -0.1) is 0 Å². The van der Waals surface area contributed by atoms with Crippen LogP contribution in [0.5, 0.6) is 0 Å². The molecule has 1 aliphatic rings. The Morgan fingerprint density at radius 3 is 2.58 bits per heavy atom. The fraction of sp³-hybridized carbons (Fsp3) is 0.476. The second kappa shape index (κ2) is 7.74. The molecule has 1 aromatic rings. The zero-order valence-electron chi connectivity index (χ0n) is 16.0. The van der Waals surface area contributed by atoms with E-state index in [0.717, 1.165) is 16.7 Å². The minimum absolute atomic E-state index is 0.0982. The molecular weight excluding hydrogens is 330 g/mol. The minimum atomic E-state index is -0.556. The van der Waals surface area contributed by atoms with Crippen LogP contribution in [0.1, 0.15) is 67.9 Å². The molecule has 0 aliphatic heterocycles. The third-order valence-electron chi connectivity index (χ3n) is 4.51. The zero-order valence-corrected chi connectivity index (χ0v) is 16.0. The van der Waals surface area contributed by atoms with Crippen LogP contribution in [-0.4, -0.2) is 24.6 Å². The van der Waals surface area contributed by atoms with E-state index in [1.165, 1.54) is 7.11 Å². The molecule has 5 nitrogen and oxygen atoms in total. The molecule has 0 N–H and O–H groups in total. The number of hydrogen-bond donors (Lipinski definition) is 0. The number of nitrogens with zero attached hydrogens (tertiary/aromatic N) is 1. The molecule has 0 radical (unpaired) electrons. The molecule has 5 heteroatoms. The Hall–Kier alpha value is -2.61. The van der Waals surface area contributed by atoms with Crippen molar-refractivity contribution >= 4 is 17.5 Å². The summed E-state index contributed by atoms with van der Waals surface area (Å²) in [6.45, 7) is 7.52. The van der Waals surface area contributed by atoms with Crippen molar-refractivity contribution in [1.82, 2.24) is 0 Å². The van der Waals surface area contributed by atoms with Crippen LogP contribution in [0.25, 0.3) is 5.57 Å². The standard InChI is InChI=1S/C21H25NO4/c1-13-16-8-7-15(19(23)25-5)12-18(16)14(10-11-22)6-9-17(13)20(24)26-21(2,3)4/h6-8,12-13,17H,9-10H2,1-5H3. The van der Waals surface area contributed by atoms with Crippen LogP contribution in [0.2, 0.25) is 0 Å². The van der Waals surface area contributed by atoms with Gasteiger partial charge >= 0.3 is 11.9 Å². The fourth-order valence-corrected chi connectivity index (χ4v) is 3.21. The van der Waals surface area contributed by atoms with Gasteiger partial charge in [-0.05, 0) is 61.9 Å². The molecule has 0 saturated heterocycles. The Morgan fingerprint density at radius 1 is 1.31 bits per heavy atom. The van der Waals surface area contributed by atoms with Gasteiger partial charge in [-0.1, -0.05) is 19.1 Å². The van der Waals surface area contributed by atoms with Crippen molar-refractivity contribution in [2.45, 2.75) is 52.1 Å². The Labute approximate surface area is 154 Å². The van der Waals surface area contributed by atoms with Gasteiger partial charge in [0.2, 0.25) is 0 Å². The number of fused-ring (bicyclic) bond motifs is 1. The van der Waals surface area contributed by atoms with Crippen molar-refractivity contribution in [2.75, 3.05) is 7.11 Å².